The zero-order valence-electron chi connectivity index (χ0n) is 14.3. The monoisotopic (exact) mass is 446 g/mol. The third-order valence-corrected chi connectivity index (χ3v) is 5.32. The van der Waals surface area contributed by atoms with Gasteiger partial charge < -0.3 is 4.57 Å². The van der Waals surface area contributed by atoms with Crippen LogP contribution in [0.25, 0.3) is 22.4 Å². The SMILES string of the molecule is CCSc1cc(Br)ccc1-c1nc2cc(C(F)(F)F)[n+](OC)cc2n1C. The first-order valence-corrected chi connectivity index (χ1v) is 9.50. The molecule has 0 spiro atoms. The molecule has 0 atom stereocenters. The van der Waals surface area contributed by atoms with Gasteiger partial charge in [0.25, 0.3) is 0 Å². The van der Waals surface area contributed by atoms with E-state index in [-0.39, 0.29) is 5.52 Å². The summed E-state index contributed by atoms with van der Waals surface area (Å²) in [6, 6.07) is 6.80. The number of pyridine rings is 1. The molecule has 2 heterocycles. The standard InChI is InChI=1S/C17H16BrF3N3OS/c1-4-26-14-7-10(18)5-6-11(14)16-22-12-8-15(17(19,20)21)24(25-3)9-13(12)23(16)2/h5-9H,4H2,1-3H3/q+1. The second kappa shape index (κ2) is 7.11. The lowest BCUT2D eigenvalue weighted by Crippen LogP contribution is -2.47. The average molecular weight is 447 g/mol. The van der Waals surface area contributed by atoms with Crippen molar-refractivity contribution in [3.8, 4) is 11.4 Å². The first-order chi connectivity index (χ1) is 12.3. The summed E-state index contributed by atoms with van der Waals surface area (Å²) in [5, 5.41) is 0. The van der Waals surface area contributed by atoms with Gasteiger partial charge in [-0.15, -0.1) is 11.8 Å². The van der Waals surface area contributed by atoms with Gasteiger partial charge in [-0.25, -0.2) is 4.98 Å². The summed E-state index contributed by atoms with van der Waals surface area (Å²) in [7, 11) is 2.98. The van der Waals surface area contributed by atoms with Gasteiger partial charge in [0.2, 0.25) is 6.20 Å². The predicted octanol–water partition coefficient (Wildman–Crippen LogP) is 4.48. The Kier molecular flexibility index (Phi) is 5.21. The topological polar surface area (TPSA) is 30.9 Å². The van der Waals surface area contributed by atoms with E-state index in [2.05, 4.69) is 20.9 Å². The molecule has 0 fully saturated rings. The van der Waals surface area contributed by atoms with Crippen molar-refractivity contribution in [3.05, 3.63) is 40.6 Å². The van der Waals surface area contributed by atoms with Crippen LogP contribution in [-0.4, -0.2) is 22.4 Å². The van der Waals surface area contributed by atoms with Crippen LogP contribution in [0.1, 0.15) is 12.6 Å². The van der Waals surface area contributed by atoms with E-state index in [1.54, 1.807) is 23.4 Å². The summed E-state index contributed by atoms with van der Waals surface area (Å²) in [6.45, 7) is 2.04. The molecule has 1 aromatic carbocycles. The molecule has 0 aliphatic rings. The Morgan fingerprint density at radius 2 is 2.04 bits per heavy atom. The van der Waals surface area contributed by atoms with Crippen molar-refractivity contribution in [1.29, 1.82) is 0 Å². The maximum Gasteiger partial charge on any atom is 0.482 e. The lowest BCUT2D eigenvalue weighted by molar-refractivity contribution is -0.895. The van der Waals surface area contributed by atoms with E-state index in [9.17, 15) is 13.2 Å². The van der Waals surface area contributed by atoms with Crippen LogP contribution in [0.4, 0.5) is 13.2 Å². The Morgan fingerprint density at radius 3 is 2.65 bits per heavy atom. The number of aryl methyl sites for hydroxylation is 1. The summed E-state index contributed by atoms with van der Waals surface area (Å²) >= 11 is 5.11. The van der Waals surface area contributed by atoms with Crippen LogP contribution >= 0.6 is 27.7 Å². The molecule has 138 valence electrons. The van der Waals surface area contributed by atoms with Crippen molar-refractivity contribution < 1.29 is 22.7 Å². The van der Waals surface area contributed by atoms with Gasteiger partial charge in [-0.2, -0.15) is 13.2 Å². The molecule has 26 heavy (non-hydrogen) atoms. The van der Waals surface area contributed by atoms with E-state index in [0.717, 1.165) is 31.5 Å². The normalized spacial score (nSPS) is 12.0. The average Bonchev–Trinajstić information content (AvgIpc) is 2.89. The van der Waals surface area contributed by atoms with Gasteiger partial charge in [0, 0.05) is 32.8 Å². The van der Waals surface area contributed by atoms with Crippen molar-refractivity contribution in [2.75, 3.05) is 12.9 Å². The molecule has 0 N–H and O–H groups in total. The molecule has 3 aromatic rings. The number of hydrogen-bond acceptors (Lipinski definition) is 3. The number of fused-ring (bicyclic) bond motifs is 1. The van der Waals surface area contributed by atoms with E-state index in [1.165, 1.54) is 13.3 Å². The highest BCUT2D eigenvalue weighted by Gasteiger charge is 2.43. The highest BCUT2D eigenvalue weighted by atomic mass is 79.9. The molecule has 0 bridgehead atoms. The Labute approximate surface area is 161 Å². The summed E-state index contributed by atoms with van der Waals surface area (Å²) in [5.74, 6) is 1.47. The second-order valence-electron chi connectivity index (χ2n) is 5.50. The second-order valence-corrected chi connectivity index (χ2v) is 7.72. The van der Waals surface area contributed by atoms with Gasteiger partial charge in [-0.3, -0.25) is 4.84 Å². The molecule has 0 saturated heterocycles. The quantitative estimate of drug-likeness (QED) is 0.437. The Morgan fingerprint density at radius 1 is 1.31 bits per heavy atom. The van der Waals surface area contributed by atoms with Crippen LogP contribution < -0.4 is 9.57 Å². The van der Waals surface area contributed by atoms with Crippen molar-refractivity contribution in [3.63, 3.8) is 0 Å². The summed E-state index contributed by atoms with van der Waals surface area (Å²) in [5.41, 5.74) is 0.774. The van der Waals surface area contributed by atoms with E-state index in [4.69, 9.17) is 4.84 Å². The Balaban J connectivity index is 2.25. The first-order valence-electron chi connectivity index (χ1n) is 7.72. The fourth-order valence-corrected chi connectivity index (χ4v) is 4.07. The number of thioether (sulfide) groups is 1. The number of rotatable bonds is 4. The molecule has 0 unspecified atom stereocenters. The van der Waals surface area contributed by atoms with Crippen molar-refractivity contribution in [2.45, 2.75) is 18.0 Å². The molecule has 0 aliphatic carbocycles. The van der Waals surface area contributed by atoms with Gasteiger partial charge in [0.1, 0.15) is 24.0 Å². The number of nitrogens with zero attached hydrogens (tertiary/aromatic N) is 3. The smallest absolute Gasteiger partial charge is 0.322 e. The molecular formula is C17H16BrF3N3OS+. The highest BCUT2D eigenvalue weighted by Crippen LogP contribution is 2.35. The van der Waals surface area contributed by atoms with E-state index >= 15 is 0 Å². The van der Waals surface area contributed by atoms with Crippen LogP contribution in [0, 0.1) is 0 Å². The van der Waals surface area contributed by atoms with Crippen molar-refractivity contribution in [2.24, 2.45) is 7.05 Å². The molecule has 4 nitrogen and oxygen atoms in total. The van der Waals surface area contributed by atoms with Gasteiger partial charge in [0.15, 0.2) is 0 Å². The lowest BCUT2D eigenvalue weighted by Gasteiger charge is -2.09. The molecule has 9 heteroatoms. The van der Waals surface area contributed by atoms with Crippen LogP contribution in [0.2, 0.25) is 0 Å². The van der Waals surface area contributed by atoms with Crippen LogP contribution in [0.3, 0.4) is 0 Å². The molecule has 0 amide bonds. The third-order valence-electron chi connectivity index (χ3n) is 3.89. The molecule has 2 aromatic heterocycles. The highest BCUT2D eigenvalue weighted by molar-refractivity contribution is 9.10. The number of aromatic nitrogens is 3. The van der Waals surface area contributed by atoms with Gasteiger partial charge in [-0.05, 0) is 24.0 Å². The van der Waals surface area contributed by atoms with E-state index in [0.29, 0.717) is 11.3 Å². The Bertz CT molecular complexity index is 972. The van der Waals surface area contributed by atoms with Crippen molar-refractivity contribution >= 4 is 38.7 Å². The zero-order chi connectivity index (χ0) is 19.1. The summed E-state index contributed by atoms with van der Waals surface area (Å²) in [4.78, 5) is 10.4. The van der Waals surface area contributed by atoms with Crippen LogP contribution in [0.5, 0.6) is 0 Å². The molecule has 3 rings (SSSR count). The summed E-state index contributed by atoms with van der Waals surface area (Å²) < 4.78 is 43.2. The van der Waals surface area contributed by atoms with E-state index in [1.807, 2.05) is 25.1 Å². The molecular weight excluding hydrogens is 431 g/mol. The zero-order valence-corrected chi connectivity index (χ0v) is 16.7. The Hall–Kier alpha value is -1.74. The van der Waals surface area contributed by atoms with Gasteiger partial charge in [-0.1, -0.05) is 22.9 Å². The molecule has 0 saturated carbocycles. The minimum atomic E-state index is -4.54. The number of halogens is 4. The first kappa shape index (κ1) is 19.0. The maximum atomic E-state index is 13.3. The minimum Gasteiger partial charge on any atom is -0.322 e. The molecule has 0 aliphatic heterocycles. The number of benzene rings is 1. The van der Waals surface area contributed by atoms with Crippen LogP contribution in [-0.2, 0) is 13.2 Å². The fourth-order valence-electron chi connectivity index (χ4n) is 2.72. The maximum absolute atomic E-state index is 13.3. The summed E-state index contributed by atoms with van der Waals surface area (Å²) in [6.07, 6.45) is -3.23. The van der Waals surface area contributed by atoms with Crippen LogP contribution in [0.15, 0.2) is 39.8 Å². The van der Waals surface area contributed by atoms with E-state index < -0.39 is 11.9 Å². The predicted molar refractivity (Wildman–Crippen MR) is 97.9 cm³/mol. The van der Waals surface area contributed by atoms with Crippen molar-refractivity contribution in [1.82, 2.24) is 9.55 Å². The number of alkyl halides is 3. The molecule has 0 radical (unpaired) electrons. The minimum absolute atomic E-state index is 0.262. The lowest BCUT2D eigenvalue weighted by atomic mass is 10.2. The van der Waals surface area contributed by atoms with Gasteiger partial charge in [0.05, 0.1) is 0 Å². The van der Waals surface area contributed by atoms with Gasteiger partial charge >= 0.3 is 11.9 Å². The largest absolute Gasteiger partial charge is 0.482 e. The third kappa shape index (κ3) is 3.42. The fraction of sp³-hybridized carbons (Fsp3) is 0.294. The number of hydrogen-bond donors (Lipinski definition) is 0. The number of imidazole rings is 1.